The van der Waals surface area contributed by atoms with Crippen molar-refractivity contribution in [1.82, 2.24) is 9.97 Å². The molecule has 1 fully saturated rings. The van der Waals surface area contributed by atoms with E-state index in [0.29, 0.717) is 28.9 Å². The van der Waals surface area contributed by atoms with E-state index in [1.165, 1.54) is 12.1 Å². The van der Waals surface area contributed by atoms with Crippen LogP contribution in [0.2, 0.25) is 0 Å². The molecule has 0 radical (unpaired) electrons. The van der Waals surface area contributed by atoms with Crippen LogP contribution in [0.4, 0.5) is 19.1 Å². The molecule has 1 aliphatic rings. The van der Waals surface area contributed by atoms with Crippen molar-refractivity contribution in [1.29, 1.82) is 0 Å². The van der Waals surface area contributed by atoms with Crippen molar-refractivity contribution in [3.63, 3.8) is 0 Å². The molecule has 0 aliphatic carbocycles. The number of hydrogen-bond acceptors (Lipinski definition) is 3. The maximum absolute atomic E-state index is 12.7. The van der Waals surface area contributed by atoms with Crippen LogP contribution in [0.1, 0.15) is 31.0 Å². The van der Waals surface area contributed by atoms with E-state index in [2.05, 4.69) is 21.8 Å². The molecule has 2 heterocycles. The van der Waals surface area contributed by atoms with Gasteiger partial charge in [-0.2, -0.15) is 13.2 Å². The molecular formula is C17H18F3N4-. The summed E-state index contributed by atoms with van der Waals surface area (Å²) in [5.41, 5.74) is 8.60. The maximum Gasteiger partial charge on any atom is 0.416 e. The average molecular weight is 335 g/mol. The summed E-state index contributed by atoms with van der Waals surface area (Å²) in [4.78, 5) is 11.0. The molecule has 24 heavy (non-hydrogen) atoms. The van der Waals surface area contributed by atoms with Crippen molar-refractivity contribution in [3.8, 4) is 11.3 Å². The SMILES string of the molecule is C[C@@H]1CCCN1c1nc(C[NH-])cc(-c2ccc(C(F)(F)F)cc2)n1. The molecule has 0 amide bonds. The van der Waals surface area contributed by atoms with Crippen LogP contribution in [0.3, 0.4) is 0 Å². The minimum Gasteiger partial charge on any atom is -0.672 e. The van der Waals surface area contributed by atoms with Crippen molar-refractivity contribution in [3.05, 3.63) is 47.3 Å². The fourth-order valence-electron chi connectivity index (χ4n) is 2.91. The molecule has 0 saturated carbocycles. The van der Waals surface area contributed by atoms with Gasteiger partial charge >= 0.3 is 6.18 Å². The van der Waals surface area contributed by atoms with Gasteiger partial charge in [0.15, 0.2) is 0 Å². The molecule has 0 bridgehead atoms. The van der Waals surface area contributed by atoms with Gasteiger partial charge in [0.2, 0.25) is 5.95 Å². The lowest BCUT2D eigenvalue weighted by atomic mass is 10.1. The number of halogens is 3. The molecule has 0 spiro atoms. The van der Waals surface area contributed by atoms with E-state index in [-0.39, 0.29) is 6.54 Å². The predicted octanol–water partition coefficient (Wildman–Crippen LogP) is 4.70. The van der Waals surface area contributed by atoms with Crippen molar-refractivity contribution < 1.29 is 13.2 Å². The molecule has 4 nitrogen and oxygen atoms in total. The molecule has 1 saturated heterocycles. The lowest BCUT2D eigenvalue weighted by Gasteiger charge is -2.23. The summed E-state index contributed by atoms with van der Waals surface area (Å²) in [6, 6.07) is 6.92. The minimum atomic E-state index is -4.35. The molecule has 0 unspecified atom stereocenters. The van der Waals surface area contributed by atoms with E-state index < -0.39 is 11.7 Å². The van der Waals surface area contributed by atoms with Gasteiger partial charge in [-0.3, -0.25) is 0 Å². The van der Waals surface area contributed by atoms with Crippen LogP contribution in [0.15, 0.2) is 30.3 Å². The second kappa shape index (κ2) is 6.39. The molecule has 1 aliphatic heterocycles. The first kappa shape index (κ1) is 16.7. The van der Waals surface area contributed by atoms with E-state index in [1.807, 2.05) is 0 Å². The second-order valence-electron chi connectivity index (χ2n) is 5.98. The number of anilines is 1. The topological polar surface area (TPSA) is 52.8 Å². The Morgan fingerprint density at radius 3 is 2.46 bits per heavy atom. The number of benzene rings is 1. The average Bonchev–Trinajstić information content (AvgIpc) is 3.00. The van der Waals surface area contributed by atoms with Gasteiger partial charge in [0.05, 0.1) is 11.3 Å². The zero-order valence-electron chi connectivity index (χ0n) is 13.3. The first-order valence-electron chi connectivity index (χ1n) is 7.85. The summed E-state index contributed by atoms with van der Waals surface area (Å²) in [7, 11) is 0. The minimum absolute atomic E-state index is 0.00533. The maximum atomic E-state index is 12.7. The summed E-state index contributed by atoms with van der Waals surface area (Å²) in [5, 5.41) is 0. The quantitative estimate of drug-likeness (QED) is 0.817. The number of alkyl halides is 3. The zero-order valence-corrected chi connectivity index (χ0v) is 13.3. The third kappa shape index (κ3) is 3.36. The Bertz CT molecular complexity index is 713. The van der Waals surface area contributed by atoms with Gasteiger partial charge in [-0.1, -0.05) is 12.1 Å². The number of hydrogen-bond donors (Lipinski definition) is 0. The Kier molecular flexibility index (Phi) is 4.45. The molecule has 2 aromatic rings. The van der Waals surface area contributed by atoms with E-state index in [9.17, 15) is 13.2 Å². The normalized spacial score (nSPS) is 18.2. The van der Waals surface area contributed by atoms with Gasteiger partial charge in [-0.15, -0.1) is 6.54 Å². The smallest absolute Gasteiger partial charge is 0.416 e. The summed E-state index contributed by atoms with van der Waals surface area (Å²) >= 11 is 0. The van der Waals surface area contributed by atoms with Crippen LogP contribution in [-0.4, -0.2) is 22.6 Å². The summed E-state index contributed by atoms with van der Waals surface area (Å²) in [6.07, 6.45) is -2.23. The van der Waals surface area contributed by atoms with Gasteiger partial charge in [0, 0.05) is 23.8 Å². The van der Waals surface area contributed by atoms with Gasteiger partial charge in [0.25, 0.3) is 0 Å². The first-order chi connectivity index (χ1) is 11.4. The summed E-state index contributed by atoms with van der Waals surface area (Å²) in [5.74, 6) is 0.555. The van der Waals surface area contributed by atoms with Gasteiger partial charge in [0.1, 0.15) is 0 Å². The second-order valence-corrected chi connectivity index (χ2v) is 5.98. The summed E-state index contributed by atoms with van der Waals surface area (Å²) in [6.45, 7) is 2.96. The Labute approximate surface area is 138 Å². The lowest BCUT2D eigenvalue weighted by Crippen LogP contribution is -2.28. The van der Waals surface area contributed by atoms with E-state index in [0.717, 1.165) is 31.5 Å². The van der Waals surface area contributed by atoms with Crippen LogP contribution < -0.4 is 4.90 Å². The molecule has 128 valence electrons. The van der Waals surface area contributed by atoms with E-state index >= 15 is 0 Å². The van der Waals surface area contributed by atoms with Crippen molar-refractivity contribution >= 4 is 5.95 Å². The molecular weight excluding hydrogens is 317 g/mol. The van der Waals surface area contributed by atoms with Gasteiger partial charge in [-0.25, -0.2) is 9.97 Å². The van der Waals surface area contributed by atoms with Crippen LogP contribution in [0.5, 0.6) is 0 Å². The predicted molar refractivity (Wildman–Crippen MR) is 86.5 cm³/mol. The Morgan fingerprint density at radius 1 is 1.21 bits per heavy atom. The Hall–Kier alpha value is -2.15. The van der Waals surface area contributed by atoms with Gasteiger partial charge < -0.3 is 10.6 Å². The third-order valence-electron chi connectivity index (χ3n) is 4.27. The molecule has 1 aromatic heterocycles. The largest absolute Gasteiger partial charge is 0.672 e. The van der Waals surface area contributed by atoms with E-state index in [4.69, 9.17) is 5.73 Å². The fraction of sp³-hybridized carbons (Fsp3) is 0.412. The first-order valence-corrected chi connectivity index (χ1v) is 7.85. The van der Waals surface area contributed by atoms with Crippen molar-refractivity contribution in [2.24, 2.45) is 0 Å². The van der Waals surface area contributed by atoms with Crippen molar-refractivity contribution in [2.75, 3.05) is 11.4 Å². The highest BCUT2D eigenvalue weighted by Crippen LogP contribution is 2.31. The highest BCUT2D eigenvalue weighted by molar-refractivity contribution is 5.62. The lowest BCUT2D eigenvalue weighted by molar-refractivity contribution is -0.137. The van der Waals surface area contributed by atoms with Gasteiger partial charge in [-0.05, 0) is 38.0 Å². The fourth-order valence-corrected chi connectivity index (χ4v) is 2.91. The van der Waals surface area contributed by atoms with Crippen LogP contribution in [0, 0.1) is 0 Å². The molecule has 1 N–H and O–H groups in total. The zero-order chi connectivity index (χ0) is 17.3. The number of nitrogens with one attached hydrogen (secondary N) is 1. The van der Waals surface area contributed by atoms with Crippen LogP contribution in [-0.2, 0) is 12.7 Å². The molecule has 1 aromatic carbocycles. The summed E-state index contributed by atoms with van der Waals surface area (Å²) < 4.78 is 38.1. The Morgan fingerprint density at radius 2 is 1.92 bits per heavy atom. The molecule has 7 heteroatoms. The number of rotatable bonds is 3. The van der Waals surface area contributed by atoms with Crippen LogP contribution >= 0.6 is 0 Å². The van der Waals surface area contributed by atoms with Crippen LogP contribution in [0.25, 0.3) is 17.0 Å². The standard InChI is InChI=1S/C17H18F3N4/c1-11-3-2-8-24(11)16-22-14(10-21)9-15(23-16)12-4-6-13(7-5-12)17(18,19)20/h4-7,9,11,21H,2-3,8,10H2,1H3/q-1/t11-/m1/s1. The monoisotopic (exact) mass is 335 g/mol. The highest BCUT2D eigenvalue weighted by Gasteiger charge is 2.30. The van der Waals surface area contributed by atoms with Crippen molar-refractivity contribution in [2.45, 2.75) is 38.5 Å². The number of nitrogens with zero attached hydrogens (tertiary/aromatic N) is 3. The highest BCUT2D eigenvalue weighted by atomic mass is 19.4. The molecule has 3 rings (SSSR count). The third-order valence-corrected chi connectivity index (χ3v) is 4.27. The van der Waals surface area contributed by atoms with E-state index in [1.54, 1.807) is 6.07 Å². The Balaban J connectivity index is 1.98. The molecule has 1 atom stereocenters. The number of aromatic nitrogens is 2.